The third kappa shape index (κ3) is 4.79. The van der Waals surface area contributed by atoms with E-state index in [-0.39, 0.29) is 5.91 Å². The van der Waals surface area contributed by atoms with Gasteiger partial charge in [-0.1, -0.05) is 54.1 Å². The fourth-order valence-electron chi connectivity index (χ4n) is 3.21. The van der Waals surface area contributed by atoms with Gasteiger partial charge in [0.1, 0.15) is 5.82 Å². The first-order valence-corrected chi connectivity index (χ1v) is 9.29. The van der Waals surface area contributed by atoms with Crippen LogP contribution in [-0.4, -0.2) is 22.4 Å². The molecule has 4 nitrogen and oxygen atoms in total. The quantitative estimate of drug-likeness (QED) is 0.662. The van der Waals surface area contributed by atoms with E-state index in [1.54, 1.807) is 0 Å². The Morgan fingerprint density at radius 3 is 2.48 bits per heavy atom. The fourth-order valence-corrected chi connectivity index (χ4v) is 3.21. The van der Waals surface area contributed by atoms with E-state index in [2.05, 4.69) is 27.4 Å². The number of amides is 1. The summed E-state index contributed by atoms with van der Waals surface area (Å²) in [5.74, 6) is 0.557. The van der Waals surface area contributed by atoms with E-state index < -0.39 is 0 Å². The Kier molecular flexibility index (Phi) is 5.97. The molecule has 0 bridgehead atoms. The standard InChI is InChI=1S/C23H25N3O/c1-16-9-7-13-20(15-16)22-21(17(2)25-18(3)26-22)23(27)24-14-8-12-19-10-5-4-6-11-19/h4-7,9-11,13,15H,8,12,14H2,1-3H3,(H,24,27). The van der Waals surface area contributed by atoms with Crippen LogP contribution in [0.5, 0.6) is 0 Å². The van der Waals surface area contributed by atoms with Gasteiger partial charge in [-0.3, -0.25) is 4.79 Å². The molecule has 1 aromatic heterocycles. The second-order valence-corrected chi connectivity index (χ2v) is 6.79. The molecule has 0 saturated carbocycles. The van der Waals surface area contributed by atoms with Gasteiger partial charge in [0, 0.05) is 12.1 Å². The highest BCUT2D eigenvalue weighted by molar-refractivity contribution is 6.00. The molecular weight excluding hydrogens is 334 g/mol. The number of carbonyl (C=O) groups is 1. The predicted octanol–water partition coefficient (Wildman–Crippen LogP) is 4.43. The van der Waals surface area contributed by atoms with E-state index in [1.165, 1.54) is 5.56 Å². The van der Waals surface area contributed by atoms with Crippen LogP contribution in [0, 0.1) is 20.8 Å². The fraction of sp³-hybridized carbons (Fsp3) is 0.261. The van der Waals surface area contributed by atoms with Crippen LogP contribution in [0.4, 0.5) is 0 Å². The van der Waals surface area contributed by atoms with Crippen molar-refractivity contribution in [2.45, 2.75) is 33.6 Å². The third-order valence-electron chi connectivity index (χ3n) is 4.49. The van der Waals surface area contributed by atoms with Crippen LogP contribution in [0.3, 0.4) is 0 Å². The van der Waals surface area contributed by atoms with Gasteiger partial charge in [-0.25, -0.2) is 9.97 Å². The maximum Gasteiger partial charge on any atom is 0.255 e. The normalized spacial score (nSPS) is 10.6. The summed E-state index contributed by atoms with van der Waals surface area (Å²) in [6, 6.07) is 18.4. The maximum absolute atomic E-state index is 12.9. The van der Waals surface area contributed by atoms with Gasteiger partial charge in [-0.05, 0) is 45.2 Å². The molecule has 0 spiro atoms. The molecule has 138 valence electrons. The van der Waals surface area contributed by atoms with Crippen molar-refractivity contribution in [2.24, 2.45) is 0 Å². The van der Waals surface area contributed by atoms with Crippen LogP contribution in [0.15, 0.2) is 54.6 Å². The van der Waals surface area contributed by atoms with Crippen LogP contribution in [0.25, 0.3) is 11.3 Å². The van der Waals surface area contributed by atoms with Gasteiger partial charge in [-0.15, -0.1) is 0 Å². The zero-order chi connectivity index (χ0) is 19.2. The number of aryl methyl sites for hydroxylation is 4. The van der Waals surface area contributed by atoms with Crippen molar-refractivity contribution >= 4 is 5.91 Å². The number of aromatic nitrogens is 2. The van der Waals surface area contributed by atoms with Crippen molar-refractivity contribution in [3.63, 3.8) is 0 Å². The molecule has 0 aliphatic rings. The molecule has 1 N–H and O–H groups in total. The Morgan fingerprint density at radius 1 is 0.963 bits per heavy atom. The van der Waals surface area contributed by atoms with Gasteiger partial charge >= 0.3 is 0 Å². The van der Waals surface area contributed by atoms with E-state index in [1.807, 2.05) is 63.2 Å². The summed E-state index contributed by atoms with van der Waals surface area (Å²) >= 11 is 0. The van der Waals surface area contributed by atoms with Crippen molar-refractivity contribution in [1.29, 1.82) is 0 Å². The van der Waals surface area contributed by atoms with Crippen LogP contribution in [0.2, 0.25) is 0 Å². The first-order chi connectivity index (χ1) is 13.0. The van der Waals surface area contributed by atoms with Gasteiger partial charge in [-0.2, -0.15) is 0 Å². The predicted molar refractivity (Wildman–Crippen MR) is 109 cm³/mol. The average Bonchev–Trinajstić information content (AvgIpc) is 2.65. The van der Waals surface area contributed by atoms with E-state index in [9.17, 15) is 4.79 Å². The van der Waals surface area contributed by atoms with E-state index in [0.717, 1.165) is 24.0 Å². The Balaban J connectivity index is 1.76. The summed E-state index contributed by atoms with van der Waals surface area (Å²) in [6.07, 6.45) is 1.83. The lowest BCUT2D eigenvalue weighted by Gasteiger charge is -2.13. The molecular formula is C23H25N3O. The highest BCUT2D eigenvalue weighted by atomic mass is 16.1. The van der Waals surface area contributed by atoms with Crippen molar-refractivity contribution < 1.29 is 4.79 Å². The second kappa shape index (κ2) is 8.58. The smallest absolute Gasteiger partial charge is 0.255 e. The molecule has 1 amide bonds. The summed E-state index contributed by atoms with van der Waals surface area (Å²) in [6.45, 7) is 6.38. The monoisotopic (exact) mass is 359 g/mol. The molecule has 0 aliphatic heterocycles. The topological polar surface area (TPSA) is 54.9 Å². The SMILES string of the molecule is Cc1cccc(-c2nc(C)nc(C)c2C(=O)NCCCc2ccccc2)c1. The maximum atomic E-state index is 12.9. The van der Waals surface area contributed by atoms with Crippen molar-refractivity contribution in [3.8, 4) is 11.3 Å². The molecule has 3 aromatic rings. The number of hydrogen-bond acceptors (Lipinski definition) is 3. The number of carbonyl (C=O) groups excluding carboxylic acids is 1. The summed E-state index contributed by atoms with van der Waals surface area (Å²) in [4.78, 5) is 21.9. The molecule has 0 atom stereocenters. The number of rotatable bonds is 6. The Labute approximate surface area is 160 Å². The zero-order valence-electron chi connectivity index (χ0n) is 16.1. The molecule has 1 heterocycles. The molecule has 2 aromatic carbocycles. The Bertz CT molecular complexity index is 936. The zero-order valence-corrected chi connectivity index (χ0v) is 16.1. The van der Waals surface area contributed by atoms with E-state index >= 15 is 0 Å². The summed E-state index contributed by atoms with van der Waals surface area (Å²) in [5.41, 5.74) is 5.32. The van der Waals surface area contributed by atoms with Crippen molar-refractivity contribution in [2.75, 3.05) is 6.54 Å². The van der Waals surface area contributed by atoms with Crippen molar-refractivity contribution in [3.05, 3.63) is 82.8 Å². The highest BCUT2D eigenvalue weighted by Gasteiger charge is 2.19. The average molecular weight is 359 g/mol. The van der Waals surface area contributed by atoms with Crippen LogP contribution >= 0.6 is 0 Å². The molecule has 0 radical (unpaired) electrons. The number of nitrogens with zero attached hydrogens (tertiary/aromatic N) is 2. The van der Waals surface area contributed by atoms with Crippen molar-refractivity contribution in [1.82, 2.24) is 15.3 Å². The van der Waals surface area contributed by atoms with E-state index in [0.29, 0.717) is 29.3 Å². The van der Waals surface area contributed by atoms with Gasteiger partial charge in [0.25, 0.3) is 5.91 Å². The molecule has 0 unspecified atom stereocenters. The lowest BCUT2D eigenvalue weighted by atomic mass is 10.0. The summed E-state index contributed by atoms with van der Waals surface area (Å²) < 4.78 is 0. The van der Waals surface area contributed by atoms with Gasteiger partial charge in [0.2, 0.25) is 0 Å². The summed E-state index contributed by atoms with van der Waals surface area (Å²) in [5, 5.41) is 3.04. The number of nitrogens with one attached hydrogen (secondary N) is 1. The lowest BCUT2D eigenvalue weighted by Crippen LogP contribution is -2.27. The third-order valence-corrected chi connectivity index (χ3v) is 4.49. The molecule has 3 rings (SSSR count). The molecule has 27 heavy (non-hydrogen) atoms. The first kappa shape index (κ1) is 18.8. The number of benzene rings is 2. The molecule has 0 saturated heterocycles. The number of hydrogen-bond donors (Lipinski definition) is 1. The van der Waals surface area contributed by atoms with Gasteiger partial charge < -0.3 is 5.32 Å². The molecule has 0 fully saturated rings. The van der Waals surface area contributed by atoms with Crippen LogP contribution < -0.4 is 5.32 Å². The first-order valence-electron chi connectivity index (χ1n) is 9.29. The van der Waals surface area contributed by atoms with Gasteiger partial charge in [0.15, 0.2) is 0 Å². The lowest BCUT2D eigenvalue weighted by molar-refractivity contribution is 0.0952. The van der Waals surface area contributed by atoms with Gasteiger partial charge in [0.05, 0.1) is 17.0 Å². The Morgan fingerprint density at radius 2 is 1.74 bits per heavy atom. The summed E-state index contributed by atoms with van der Waals surface area (Å²) in [7, 11) is 0. The minimum Gasteiger partial charge on any atom is -0.352 e. The second-order valence-electron chi connectivity index (χ2n) is 6.79. The van der Waals surface area contributed by atoms with Crippen LogP contribution in [-0.2, 0) is 6.42 Å². The van der Waals surface area contributed by atoms with E-state index in [4.69, 9.17) is 0 Å². The van der Waals surface area contributed by atoms with Crippen LogP contribution in [0.1, 0.15) is 39.4 Å². The molecule has 0 aliphatic carbocycles. The Hall–Kier alpha value is -3.01. The molecule has 4 heteroatoms. The highest BCUT2D eigenvalue weighted by Crippen LogP contribution is 2.24. The minimum absolute atomic E-state index is 0.114. The largest absolute Gasteiger partial charge is 0.352 e. The minimum atomic E-state index is -0.114.